The average molecular weight is 292 g/mol. The predicted octanol–water partition coefficient (Wildman–Crippen LogP) is 3.73. The lowest BCUT2D eigenvalue weighted by molar-refractivity contribution is 0.102. The van der Waals surface area contributed by atoms with Crippen molar-refractivity contribution < 1.29 is 9.21 Å². The lowest BCUT2D eigenvalue weighted by Gasteiger charge is -2.09. The van der Waals surface area contributed by atoms with E-state index in [1.807, 2.05) is 49.4 Å². The number of aryl methyl sites for hydroxylation is 1. The molecule has 4 heteroatoms. The first kappa shape index (κ1) is 14.1. The number of benzene rings is 2. The van der Waals surface area contributed by atoms with Gasteiger partial charge in [0.2, 0.25) is 5.55 Å². The van der Waals surface area contributed by atoms with Crippen LogP contribution >= 0.6 is 0 Å². The first-order valence-corrected chi connectivity index (χ1v) is 7.16. The molecule has 0 fully saturated rings. The highest BCUT2D eigenvalue weighted by atomic mass is 16.3. The average Bonchev–Trinajstić information content (AvgIpc) is 2.54. The van der Waals surface area contributed by atoms with Gasteiger partial charge in [0.1, 0.15) is 11.1 Å². The molecule has 4 nitrogen and oxygen atoms in total. The number of hydrogen-bond acceptors (Lipinski definition) is 3. The van der Waals surface area contributed by atoms with E-state index in [1.54, 1.807) is 12.1 Å². The van der Waals surface area contributed by atoms with Crippen LogP contribution in [0, 0.1) is 5.41 Å². The molecular formula is C18H16N2O2. The van der Waals surface area contributed by atoms with E-state index in [0.29, 0.717) is 5.58 Å². The molecule has 0 spiro atoms. The Hall–Kier alpha value is -2.88. The molecule has 3 rings (SSSR count). The van der Waals surface area contributed by atoms with Crippen LogP contribution in [0.15, 0.2) is 59.0 Å². The molecule has 0 bridgehead atoms. The van der Waals surface area contributed by atoms with Gasteiger partial charge in [0.05, 0.1) is 0 Å². The van der Waals surface area contributed by atoms with Crippen molar-refractivity contribution in [3.63, 3.8) is 0 Å². The number of hydrogen-bond donors (Lipinski definition) is 2. The van der Waals surface area contributed by atoms with Crippen LogP contribution in [0.2, 0.25) is 0 Å². The van der Waals surface area contributed by atoms with Crippen molar-refractivity contribution in [2.75, 3.05) is 5.32 Å². The number of anilines is 1. The van der Waals surface area contributed by atoms with Crippen molar-refractivity contribution >= 4 is 22.6 Å². The fourth-order valence-electron chi connectivity index (χ4n) is 2.39. The molecule has 1 heterocycles. The van der Waals surface area contributed by atoms with Crippen molar-refractivity contribution in [3.05, 3.63) is 71.3 Å². The maximum atomic E-state index is 12.5. The Kier molecular flexibility index (Phi) is 3.74. The summed E-state index contributed by atoms with van der Waals surface area (Å²) < 4.78 is 5.41. The minimum absolute atomic E-state index is 0.134. The van der Waals surface area contributed by atoms with E-state index >= 15 is 0 Å². The summed E-state index contributed by atoms with van der Waals surface area (Å²) in [5.41, 5.74) is 2.51. The van der Waals surface area contributed by atoms with E-state index < -0.39 is 0 Å². The summed E-state index contributed by atoms with van der Waals surface area (Å²) in [6, 6.07) is 16.7. The molecule has 0 unspecified atom stereocenters. The Balaban J connectivity index is 1.98. The minimum atomic E-state index is -0.333. The fourth-order valence-corrected chi connectivity index (χ4v) is 2.39. The second kappa shape index (κ2) is 5.85. The smallest absolute Gasteiger partial charge is 0.261 e. The molecule has 0 saturated carbocycles. The van der Waals surface area contributed by atoms with Gasteiger partial charge in [-0.3, -0.25) is 10.2 Å². The number of carbonyl (C=O) groups excluding carboxylic acids is 1. The molecule has 110 valence electrons. The van der Waals surface area contributed by atoms with Gasteiger partial charge in [-0.15, -0.1) is 0 Å². The van der Waals surface area contributed by atoms with Crippen LogP contribution < -0.4 is 10.9 Å². The Morgan fingerprint density at radius 2 is 1.86 bits per heavy atom. The van der Waals surface area contributed by atoms with Crippen LogP contribution in [-0.2, 0) is 6.42 Å². The molecule has 2 N–H and O–H groups in total. The van der Waals surface area contributed by atoms with Crippen molar-refractivity contribution in [1.29, 1.82) is 5.41 Å². The van der Waals surface area contributed by atoms with Gasteiger partial charge in [-0.05, 0) is 30.2 Å². The molecule has 1 amide bonds. The van der Waals surface area contributed by atoms with E-state index in [0.717, 1.165) is 23.1 Å². The van der Waals surface area contributed by atoms with Gasteiger partial charge in [-0.1, -0.05) is 43.3 Å². The van der Waals surface area contributed by atoms with Crippen molar-refractivity contribution in [2.45, 2.75) is 13.3 Å². The molecule has 0 aliphatic heterocycles. The summed E-state index contributed by atoms with van der Waals surface area (Å²) in [5.74, 6) is -0.333. The largest absolute Gasteiger partial charge is 0.438 e. The lowest BCUT2D eigenvalue weighted by Crippen LogP contribution is -2.21. The highest BCUT2D eigenvalue weighted by Gasteiger charge is 2.13. The third-order valence-electron chi connectivity index (χ3n) is 3.57. The second-order valence-electron chi connectivity index (χ2n) is 4.99. The molecule has 22 heavy (non-hydrogen) atoms. The number of carbonyl (C=O) groups is 1. The van der Waals surface area contributed by atoms with E-state index in [-0.39, 0.29) is 17.0 Å². The molecule has 2 aromatic carbocycles. The number of fused-ring (bicyclic) bond motifs is 1. The normalized spacial score (nSPS) is 10.6. The summed E-state index contributed by atoms with van der Waals surface area (Å²) >= 11 is 0. The summed E-state index contributed by atoms with van der Waals surface area (Å²) in [6.07, 6.45) is 0.826. The number of para-hydroxylation sites is 2. The highest BCUT2D eigenvalue weighted by molar-refractivity contribution is 6.05. The van der Waals surface area contributed by atoms with Crippen LogP contribution in [0.3, 0.4) is 0 Å². The SMILES string of the molecule is CCc1ccccc1NC(=O)c1cc2ccccc2oc1=N. The highest BCUT2D eigenvalue weighted by Crippen LogP contribution is 2.17. The van der Waals surface area contributed by atoms with Gasteiger partial charge in [0.15, 0.2) is 0 Å². The third-order valence-corrected chi connectivity index (χ3v) is 3.57. The number of rotatable bonds is 3. The van der Waals surface area contributed by atoms with Gasteiger partial charge < -0.3 is 9.73 Å². The van der Waals surface area contributed by atoms with Crippen LogP contribution in [0.4, 0.5) is 5.69 Å². The predicted molar refractivity (Wildman–Crippen MR) is 85.8 cm³/mol. The molecule has 0 atom stereocenters. The van der Waals surface area contributed by atoms with Gasteiger partial charge >= 0.3 is 0 Å². The Morgan fingerprint density at radius 1 is 1.14 bits per heavy atom. The van der Waals surface area contributed by atoms with Gasteiger partial charge in [0.25, 0.3) is 5.91 Å². The molecule has 0 aliphatic rings. The zero-order valence-corrected chi connectivity index (χ0v) is 12.2. The molecule has 0 saturated heterocycles. The van der Waals surface area contributed by atoms with Crippen molar-refractivity contribution in [2.24, 2.45) is 0 Å². The Bertz CT molecular complexity index is 897. The lowest BCUT2D eigenvalue weighted by atomic mass is 10.1. The van der Waals surface area contributed by atoms with E-state index in [1.165, 1.54) is 0 Å². The van der Waals surface area contributed by atoms with Gasteiger partial charge in [-0.2, -0.15) is 0 Å². The van der Waals surface area contributed by atoms with E-state index in [2.05, 4.69) is 5.32 Å². The van der Waals surface area contributed by atoms with Crippen LogP contribution in [-0.4, -0.2) is 5.91 Å². The standard InChI is InChI=1S/C18H16N2O2/c1-2-12-7-3-5-9-15(12)20-18(21)14-11-13-8-4-6-10-16(13)22-17(14)19/h3-11,19H,2H2,1H3,(H,20,21). The zero-order valence-electron chi connectivity index (χ0n) is 12.2. The van der Waals surface area contributed by atoms with Crippen molar-refractivity contribution in [3.8, 4) is 0 Å². The third kappa shape index (κ3) is 2.63. The quantitative estimate of drug-likeness (QED) is 0.772. The Morgan fingerprint density at radius 3 is 2.68 bits per heavy atom. The molecule has 3 aromatic rings. The molecule has 0 radical (unpaired) electrons. The van der Waals surface area contributed by atoms with Gasteiger partial charge in [0, 0.05) is 11.1 Å². The Labute approximate surface area is 127 Å². The molecule has 0 aliphatic carbocycles. The fraction of sp³-hybridized carbons (Fsp3) is 0.111. The molecule has 1 aromatic heterocycles. The van der Waals surface area contributed by atoms with Crippen LogP contribution in [0.5, 0.6) is 0 Å². The summed E-state index contributed by atoms with van der Waals surface area (Å²) in [4.78, 5) is 12.5. The van der Waals surface area contributed by atoms with Gasteiger partial charge in [-0.25, -0.2) is 0 Å². The van der Waals surface area contributed by atoms with E-state index in [4.69, 9.17) is 9.83 Å². The monoisotopic (exact) mass is 292 g/mol. The minimum Gasteiger partial charge on any atom is -0.438 e. The first-order chi connectivity index (χ1) is 10.7. The van der Waals surface area contributed by atoms with E-state index in [9.17, 15) is 4.79 Å². The van der Waals surface area contributed by atoms with Crippen LogP contribution in [0.25, 0.3) is 11.0 Å². The van der Waals surface area contributed by atoms with Crippen molar-refractivity contribution in [1.82, 2.24) is 0 Å². The summed E-state index contributed by atoms with van der Waals surface area (Å²) in [6.45, 7) is 2.03. The van der Waals surface area contributed by atoms with Crippen LogP contribution in [0.1, 0.15) is 22.8 Å². The topological polar surface area (TPSA) is 66.1 Å². The second-order valence-corrected chi connectivity index (χ2v) is 4.99. The molecular weight excluding hydrogens is 276 g/mol. The zero-order chi connectivity index (χ0) is 15.5. The summed E-state index contributed by atoms with van der Waals surface area (Å²) in [7, 11) is 0. The summed E-state index contributed by atoms with van der Waals surface area (Å²) in [5, 5.41) is 11.6. The number of nitrogens with one attached hydrogen (secondary N) is 2. The number of amides is 1. The maximum Gasteiger partial charge on any atom is 0.261 e. The maximum absolute atomic E-state index is 12.5. The first-order valence-electron chi connectivity index (χ1n) is 7.16.